The lowest BCUT2D eigenvalue weighted by Gasteiger charge is -2.12. The molecule has 154 valence electrons. The minimum absolute atomic E-state index is 0.189. The first-order valence-corrected chi connectivity index (χ1v) is 10.2. The Bertz CT molecular complexity index is 1200. The highest BCUT2D eigenvalue weighted by atomic mass is 35.5. The molecule has 0 radical (unpaired) electrons. The average molecular weight is 432 g/mol. The lowest BCUT2D eigenvalue weighted by molar-refractivity contribution is 0.102. The van der Waals surface area contributed by atoms with Gasteiger partial charge in [-0.2, -0.15) is 0 Å². The van der Waals surface area contributed by atoms with Crippen LogP contribution in [0.4, 0.5) is 17.3 Å². The van der Waals surface area contributed by atoms with Crippen LogP contribution in [0, 0.1) is 6.92 Å². The zero-order chi connectivity index (χ0) is 21.6. The Balaban J connectivity index is 1.52. The molecule has 0 unspecified atom stereocenters. The molecule has 0 saturated heterocycles. The fourth-order valence-corrected chi connectivity index (χ4v) is 3.18. The summed E-state index contributed by atoms with van der Waals surface area (Å²) in [7, 11) is 0. The molecule has 31 heavy (non-hydrogen) atoms. The summed E-state index contributed by atoms with van der Waals surface area (Å²) in [4.78, 5) is 25.6. The Kier molecular flexibility index (Phi) is 6.19. The predicted octanol–water partition coefficient (Wildman–Crippen LogP) is 5.58. The highest BCUT2D eigenvalue weighted by Gasteiger charge is 2.09. The van der Waals surface area contributed by atoms with Crippen LogP contribution in [0.1, 0.15) is 21.5 Å². The van der Waals surface area contributed by atoms with Crippen LogP contribution in [0.5, 0.6) is 0 Å². The van der Waals surface area contributed by atoms with E-state index in [1.165, 1.54) is 0 Å². The van der Waals surface area contributed by atoms with Crippen LogP contribution in [0.25, 0.3) is 11.3 Å². The molecule has 0 fully saturated rings. The van der Waals surface area contributed by atoms with E-state index in [1.807, 2.05) is 55.5 Å². The molecule has 2 aromatic carbocycles. The number of carbonyl (C=O) groups excluding carboxylic acids is 1. The van der Waals surface area contributed by atoms with Gasteiger partial charge in [-0.05, 0) is 60.5 Å². The number of halogens is 1. The molecule has 0 saturated carbocycles. The van der Waals surface area contributed by atoms with Gasteiger partial charge >= 0.3 is 0 Å². The fraction of sp³-hybridized carbons (Fsp3) is 0.0833. The Morgan fingerprint density at radius 3 is 2.65 bits per heavy atom. The van der Waals surface area contributed by atoms with Crippen LogP contribution in [-0.2, 0) is 5.88 Å². The number of nitrogens with one attached hydrogen (secondary N) is 2. The number of amides is 1. The van der Waals surface area contributed by atoms with Gasteiger partial charge in [0.1, 0.15) is 0 Å². The number of alkyl halides is 1. The number of benzene rings is 2. The summed E-state index contributed by atoms with van der Waals surface area (Å²) < 4.78 is 0. The van der Waals surface area contributed by atoms with Crippen molar-refractivity contribution < 1.29 is 4.79 Å². The molecule has 4 aromatic rings. The van der Waals surface area contributed by atoms with E-state index in [9.17, 15) is 4.79 Å². The Hall–Kier alpha value is -3.77. The van der Waals surface area contributed by atoms with E-state index in [0.29, 0.717) is 23.1 Å². The fourth-order valence-electron chi connectivity index (χ4n) is 3.00. The maximum Gasteiger partial charge on any atom is 0.255 e. The van der Waals surface area contributed by atoms with Gasteiger partial charge in [-0.1, -0.05) is 18.2 Å². The zero-order valence-corrected chi connectivity index (χ0v) is 17.6. The van der Waals surface area contributed by atoms with Crippen LogP contribution in [0.3, 0.4) is 0 Å². The number of pyridine rings is 1. The summed E-state index contributed by atoms with van der Waals surface area (Å²) >= 11 is 5.81. The number of aromatic nitrogens is 3. The Morgan fingerprint density at radius 1 is 1.06 bits per heavy atom. The molecule has 2 heterocycles. The van der Waals surface area contributed by atoms with Crippen molar-refractivity contribution in [2.24, 2.45) is 0 Å². The quantitative estimate of drug-likeness (QED) is 0.389. The summed E-state index contributed by atoms with van der Waals surface area (Å²) in [5, 5.41) is 6.17. The van der Waals surface area contributed by atoms with E-state index in [2.05, 4.69) is 25.6 Å². The van der Waals surface area contributed by atoms with Gasteiger partial charge in [0.05, 0.1) is 5.69 Å². The third kappa shape index (κ3) is 5.05. The Labute approximate surface area is 185 Å². The summed E-state index contributed by atoms with van der Waals surface area (Å²) in [5.74, 6) is 0.689. The van der Waals surface area contributed by atoms with Crippen molar-refractivity contribution in [2.75, 3.05) is 10.6 Å². The maximum absolute atomic E-state index is 12.6. The van der Waals surface area contributed by atoms with Crippen LogP contribution in [-0.4, -0.2) is 20.9 Å². The summed E-state index contributed by atoms with van der Waals surface area (Å²) in [6.45, 7) is 1.98. The first kappa shape index (κ1) is 20.5. The molecule has 0 bridgehead atoms. The van der Waals surface area contributed by atoms with Gasteiger partial charge < -0.3 is 10.6 Å². The van der Waals surface area contributed by atoms with Crippen LogP contribution in [0.15, 0.2) is 79.3 Å². The molecule has 2 aromatic heterocycles. The molecule has 0 aliphatic rings. The number of aryl methyl sites for hydroxylation is 1. The summed E-state index contributed by atoms with van der Waals surface area (Å²) in [5.41, 5.74) is 5.69. The largest absolute Gasteiger partial charge is 0.324 e. The summed E-state index contributed by atoms with van der Waals surface area (Å²) in [6.07, 6.45) is 5.18. The van der Waals surface area contributed by atoms with E-state index in [4.69, 9.17) is 11.6 Å². The van der Waals surface area contributed by atoms with Gasteiger partial charge in [0, 0.05) is 47.0 Å². The normalized spacial score (nSPS) is 10.5. The molecule has 1 amide bonds. The van der Waals surface area contributed by atoms with E-state index in [-0.39, 0.29) is 5.91 Å². The van der Waals surface area contributed by atoms with E-state index < -0.39 is 0 Å². The van der Waals surface area contributed by atoms with Gasteiger partial charge in [-0.3, -0.25) is 9.78 Å². The number of hydrogen-bond donors (Lipinski definition) is 2. The number of hydrogen-bond acceptors (Lipinski definition) is 5. The third-order valence-corrected chi connectivity index (χ3v) is 5.03. The minimum Gasteiger partial charge on any atom is -0.324 e. The highest BCUT2D eigenvalue weighted by Crippen LogP contribution is 2.24. The predicted molar refractivity (Wildman–Crippen MR) is 124 cm³/mol. The van der Waals surface area contributed by atoms with Crippen molar-refractivity contribution in [3.05, 3.63) is 95.9 Å². The van der Waals surface area contributed by atoms with Crippen LogP contribution < -0.4 is 10.6 Å². The zero-order valence-electron chi connectivity index (χ0n) is 16.8. The monoisotopic (exact) mass is 431 g/mol. The summed E-state index contributed by atoms with van der Waals surface area (Å²) in [6, 6.07) is 18.5. The molecule has 0 aliphatic carbocycles. The molecule has 6 nitrogen and oxygen atoms in total. The van der Waals surface area contributed by atoms with Crippen molar-refractivity contribution >= 4 is 34.8 Å². The molecule has 0 atom stereocenters. The standard InChI is InChI=1S/C24H20ClN5O/c1-16-4-9-20(28-23(31)18-7-5-17(14-25)6-8-18)13-22(16)30-24-27-12-10-21(29-24)19-3-2-11-26-15-19/h2-13,15H,14H2,1H3,(H,28,31)(H,27,29,30)/i24+2. The molecular weight excluding hydrogens is 412 g/mol. The van der Waals surface area contributed by atoms with Crippen LogP contribution in [0.2, 0.25) is 0 Å². The SMILES string of the molecule is Cc1ccc(NC(=O)c2ccc(CCl)cc2)cc1N[14c]1nccc(-c2cccnc2)n1. The molecule has 2 N–H and O–H groups in total. The molecule has 0 aliphatic heterocycles. The average Bonchev–Trinajstić information content (AvgIpc) is 2.82. The van der Waals surface area contributed by atoms with Crippen molar-refractivity contribution in [2.45, 2.75) is 12.8 Å². The lowest BCUT2D eigenvalue weighted by Crippen LogP contribution is -2.12. The molecule has 4 rings (SSSR count). The first-order chi connectivity index (χ1) is 15.1. The van der Waals surface area contributed by atoms with Gasteiger partial charge in [0.15, 0.2) is 0 Å². The van der Waals surface area contributed by atoms with Crippen molar-refractivity contribution in [1.29, 1.82) is 0 Å². The van der Waals surface area contributed by atoms with Crippen molar-refractivity contribution in [3.63, 3.8) is 0 Å². The second-order valence-corrected chi connectivity index (χ2v) is 7.21. The topological polar surface area (TPSA) is 79.8 Å². The maximum atomic E-state index is 12.6. The van der Waals surface area contributed by atoms with Crippen LogP contribution >= 0.6 is 11.6 Å². The second-order valence-electron chi connectivity index (χ2n) is 6.95. The van der Waals surface area contributed by atoms with Gasteiger partial charge in [-0.25, -0.2) is 9.97 Å². The van der Waals surface area contributed by atoms with Crippen molar-refractivity contribution in [1.82, 2.24) is 15.0 Å². The first-order valence-electron chi connectivity index (χ1n) is 9.70. The smallest absolute Gasteiger partial charge is 0.255 e. The van der Waals surface area contributed by atoms with Gasteiger partial charge in [0.25, 0.3) is 5.91 Å². The second kappa shape index (κ2) is 9.36. The van der Waals surface area contributed by atoms with Gasteiger partial charge in [0.2, 0.25) is 5.95 Å². The number of nitrogens with zero attached hydrogens (tertiary/aromatic N) is 3. The highest BCUT2D eigenvalue weighted by molar-refractivity contribution is 6.17. The lowest BCUT2D eigenvalue weighted by atomic mass is 10.1. The van der Waals surface area contributed by atoms with Gasteiger partial charge in [-0.15, -0.1) is 11.6 Å². The third-order valence-electron chi connectivity index (χ3n) is 4.73. The minimum atomic E-state index is -0.189. The molecular formula is C24H20ClN5O. The Morgan fingerprint density at radius 2 is 1.90 bits per heavy atom. The molecule has 0 spiro atoms. The number of anilines is 3. The van der Waals surface area contributed by atoms with Crippen molar-refractivity contribution in [3.8, 4) is 11.3 Å². The van der Waals surface area contributed by atoms with E-state index in [1.54, 1.807) is 30.7 Å². The number of carbonyl (C=O) groups is 1. The molecule has 7 heteroatoms. The number of rotatable bonds is 6. The van der Waals surface area contributed by atoms with E-state index in [0.717, 1.165) is 28.1 Å². The van der Waals surface area contributed by atoms with E-state index >= 15 is 0 Å².